The number of likely N-dealkylation sites (tertiary alicyclic amines) is 2. The Bertz CT molecular complexity index is 436. The molecule has 0 bridgehead atoms. The Labute approximate surface area is 161 Å². The lowest BCUT2D eigenvalue weighted by Crippen LogP contribution is -2.51. The van der Waals surface area contributed by atoms with Crippen LogP contribution in [-0.4, -0.2) is 83.0 Å². The molecule has 6 heteroatoms. The first kappa shape index (κ1) is 18.5. The molecule has 142 valence electrons. The molecule has 4 nitrogen and oxygen atoms in total. The van der Waals surface area contributed by atoms with Crippen LogP contribution in [0.2, 0.25) is 0 Å². The molecule has 4 aliphatic rings. The Morgan fingerprint density at radius 3 is 1.92 bits per heavy atom. The minimum Gasteiger partial charge on any atom is -0.353 e. The van der Waals surface area contributed by atoms with E-state index in [4.69, 9.17) is 0 Å². The van der Waals surface area contributed by atoms with Crippen molar-refractivity contribution < 1.29 is 4.79 Å². The van der Waals surface area contributed by atoms with Crippen LogP contribution in [0.1, 0.15) is 38.5 Å². The minimum absolute atomic E-state index is 0.275. The van der Waals surface area contributed by atoms with E-state index in [-0.39, 0.29) is 5.92 Å². The summed E-state index contributed by atoms with van der Waals surface area (Å²) < 4.78 is 0. The minimum atomic E-state index is 0.275. The molecular formula is C19H33N3OS2. The summed E-state index contributed by atoms with van der Waals surface area (Å²) >= 11 is 4.29. The zero-order valence-corrected chi connectivity index (χ0v) is 17.0. The second-order valence-electron chi connectivity index (χ2n) is 8.16. The fourth-order valence-corrected chi connectivity index (χ4v) is 7.13. The third-order valence-electron chi connectivity index (χ3n) is 6.35. The van der Waals surface area contributed by atoms with Gasteiger partial charge in [-0.05, 0) is 64.7 Å². The summed E-state index contributed by atoms with van der Waals surface area (Å²) in [4.78, 5) is 17.7. The van der Waals surface area contributed by atoms with Crippen LogP contribution in [0, 0.1) is 5.92 Å². The maximum absolute atomic E-state index is 12.2. The van der Waals surface area contributed by atoms with Crippen molar-refractivity contribution in [3.05, 3.63) is 0 Å². The molecule has 3 heterocycles. The summed E-state index contributed by atoms with van der Waals surface area (Å²) in [5.41, 5.74) is 0. The van der Waals surface area contributed by atoms with Crippen molar-refractivity contribution in [1.29, 1.82) is 0 Å². The number of rotatable bonds is 4. The number of carbonyl (C=O) groups excluding carboxylic acids is 1. The summed E-state index contributed by atoms with van der Waals surface area (Å²) in [6, 6.07) is 2.07. The Morgan fingerprint density at radius 1 is 0.760 bits per heavy atom. The van der Waals surface area contributed by atoms with E-state index < -0.39 is 0 Å². The molecule has 3 aliphatic heterocycles. The Balaban J connectivity index is 1.19. The molecule has 3 saturated heterocycles. The molecule has 0 unspecified atom stereocenters. The molecule has 0 atom stereocenters. The Hall–Kier alpha value is 0.0900. The molecule has 25 heavy (non-hydrogen) atoms. The molecular weight excluding hydrogens is 350 g/mol. The van der Waals surface area contributed by atoms with E-state index in [1.165, 1.54) is 61.8 Å². The summed E-state index contributed by atoms with van der Waals surface area (Å²) in [6.07, 6.45) is 7.17. The number of nitrogens with one attached hydrogen (secondary N) is 1. The van der Waals surface area contributed by atoms with Crippen LogP contribution in [0.5, 0.6) is 0 Å². The number of carbonyl (C=O) groups is 1. The van der Waals surface area contributed by atoms with Crippen molar-refractivity contribution in [3.63, 3.8) is 0 Å². The van der Waals surface area contributed by atoms with E-state index in [0.717, 1.165) is 38.0 Å². The van der Waals surface area contributed by atoms with Gasteiger partial charge in [-0.1, -0.05) is 0 Å². The highest BCUT2D eigenvalue weighted by molar-refractivity contribution is 8.03. The SMILES string of the molecule is O=C(NC1CC1)C1CCN(C2CCN(C3CSCCSC3)CC2)CC1. The third-order valence-corrected chi connectivity index (χ3v) is 8.83. The molecule has 0 aromatic heterocycles. The molecule has 0 radical (unpaired) electrons. The van der Waals surface area contributed by atoms with Gasteiger partial charge in [0.2, 0.25) is 5.91 Å². The summed E-state index contributed by atoms with van der Waals surface area (Å²) in [5, 5.41) is 3.20. The zero-order valence-electron chi connectivity index (χ0n) is 15.3. The summed E-state index contributed by atoms with van der Waals surface area (Å²) in [6.45, 7) is 4.81. The molecule has 1 N–H and O–H groups in total. The first-order chi connectivity index (χ1) is 12.3. The van der Waals surface area contributed by atoms with Crippen LogP contribution in [-0.2, 0) is 4.79 Å². The summed E-state index contributed by atoms with van der Waals surface area (Å²) in [5.74, 6) is 5.94. The molecule has 1 saturated carbocycles. The lowest BCUT2D eigenvalue weighted by molar-refractivity contribution is -0.126. The quantitative estimate of drug-likeness (QED) is 0.806. The average Bonchev–Trinajstić information content (AvgIpc) is 3.49. The van der Waals surface area contributed by atoms with Crippen molar-refractivity contribution in [1.82, 2.24) is 15.1 Å². The molecule has 1 aliphatic carbocycles. The zero-order chi connectivity index (χ0) is 17.1. The van der Waals surface area contributed by atoms with E-state index in [1.54, 1.807) is 0 Å². The van der Waals surface area contributed by atoms with Gasteiger partial charge in [0.15, 0.2) is 0 Å². The smallest absolute Gasteiger partial charge is 0.223 e. The van der Waals surface area contributed by atoms with Gasteiger partial charge in [0.05, 0.1) is 0 Å². The summed E-state index contributed by atoms with van der Waals surface area (Å²) in [7, 11) is 0. The molecule has 4 rings (SSSR count). The largest absolute Gasteiger partial charge is 0.353 e. The fraction of sp³-hybridized carbons (Fsp3) is 0.947. The van der Waals surface area contributed by atoms with Crippen molar-refractivity contribution in [2.45, 2.75) is 56.7 Å². The highest BCUT2D eigenvalue weighted by Crippen LogP contribution is 2.28. The van der Waals surface area contributed by atoms with Crippen LogP contribution in [0.15, 0.2) is 0 Å². The standard InChI is InChI=1S/C19H33N3OS2/c23-19(20-16-1-2-16)15-3-7-21(8-4-15)17-5-9-22(10-6-17)18-13-24-11-12-25-14-18/h15-18H,1-14H2,(H,20,23). The fourth-order valence-electron chi connectivity index (χ4n) is 4.51. The van der Waals surface area contributed by atoms with Gasteiger partial charge in [-0.25, -0.2) is 0 Å². The highest BCUT2D eigenvalue weighted by Gasteiger charge is 2.33. The van der Waals surface area contributed by atoms with Gasteiger partial charge < -0.3 is 10.2 Å². The van der Waals surface area contributed by atoms with Gasteiger partial charge in [-0.15, -0.1) is 0 Å². The average molecular weight is 384 g/mol. The third kappa shape index (κ3) is 5.08. The maximum Gasteiger partial charge on any atom is 0.223 e. The first-order valence-electron chi connectivity index (χ1n) is 10.2. The molecule has 0 spiro atoms. The van der Waals surface area contributed by atoms with E-state index in [2.05, 4.69) is 38.6 Å². The topological polar surface area (TPSA) is 35.6 Å². The molecule has 4 fully saturated rings. The first-order valence-corrected chi connectivity index (χ1v) is 12.5. The van der Waals surface area contributed by atoms with Crippen molar-refractivity contribution in [2.75, 3.05) is 49.2 Å². The van der Waals surface area contributed by atoms with Crippen molar-refractivity contribution in [3.8, 4) is 0 Å². The van der Waals surface area contributed by atoms with Gasteiger partial charge in [0, 0.05) is 47.1 Å². The molecule has 1 amide bonds. The predicted octanol–water partition coefficient (Wildman–Crippen LogP) is 2.29. The van der Waals surface area contributed by atoms with E-state index in [1.807, 2.05) is 0 Å². The monoisotopic (exact) mass is 383 g/mol. The second kappa shape index (κ2) is 8.85. The van der Waals surface area contributed by atoms with Crippen LogP contribution in [0.25, 0.3) is 0 Å². The maximum atomic E-state index is 12.2. The van der Waals surface area contributed by atoms with E-state index >= 15 is 0 Å². The number of hydrogen-bond donors (Lipinski definition) is 1. The van der Waals surface area contributed by atoms with Crippen molar-refractivity contribution in [2.24, 2.45) is 5.92 Å². The van der Waals surface area contributed by atoms with E-state index in [0.29, 0.717) is 11.9 Å². The predicted molar refractivity (Wildman–Crippen MR) is 108 cm³/mol. The van der Waals surface area contributed by atoms with Gasteiger partial charge in [0.1, 0.15) is 0 Å². The highest BCUT2D eigenvalue weighted by atomic mass is 32.2. The lowest BCUT2D eigenvalue weighted by Gasteiger charge is -2.43. The number of hydrogen-bond acceptors (Lipinski definition) is 5. The molecule has 0 aromatic carbocycles. The number of piperidine rings is 2. The second-order valence-corrected chi connectivity index (χ2v) is 10.5. The van der Waals surface area contributed by atoms with Gasteiger partial charge in [-0.2, -0.15) is 23.5 Å². The van der Waals surface area contributed by atoms with Gasteiger partial charge in [-0.3, -0.25) is 9.69 Å². The van der Waals surface area contributed by atoms with E-state index in [9.17, 15) is 4.79 Å². The van der Waals surface area contributed by atoms with Gasteiger partial charge >= 0.3 is 0 Å². The molecule has 0 aromatic rings. The van der Waals surface area contributed by atoms with Crippen LogP contribution in [0.3, 0.4) is 0 Å². The number of nitrogens with zero attached hydrogens (tertiary/aromatic N) is 2. The Morgan fingerprint density at radius 2 is 1.32 bits per heavy atom. The number of thioether (sulfide) groups is 2. The van der Waals surface area contributed by atoms with Crippen molar-refractivity contribution >= 4 is 29.4 Å². The van der Waals surface area contributed by atoms with Crippen LogP contribution in [0.4, 0.5) is 0 Å². The normalized spacial score (nSPS) is 29.4. The number of amides is 1. The van der Waals surface area contributed by atoms with Crippen LogP contribution >= 0.6 is 23.5 Å². The van der Waals surface area contributed by atoms with Gasteiger partial charge in [0.25, 0.3) is 0 Å². The lowest BCUT2D eigenvalue weighted by atomic mass is 9.92. The van der Waals surface area contributed by atoms with Crippen LogP contribution < -0.4 is 5.32 Å². The Kier molecular flexibility index (Phi) is 6.53.